The Hall–Kier alpha value is -2.68. The van der Waals surface area contributed by atoms with Gasteiger partial charge in [0.25, 0.3) is 0 Å². The molecular formula is C20H27N3O5S. The van der Waals surface area contributed by atoms with Crippen LogP contribution in [0.1, 0.15) is 31.7 Å². The largest absolute Gasteiger partial charge is 0.497 e. The zero-order valence-corrected chi connectivity index (χ0v) is 17.5. The number of nitrogens with one attached hydrogen (secondary N) is 2. The molecule has 0 saturated carbocycles. The van der Waals surface area contributed by atoms with Gasteiger partial charge in [0.05, 0.1) is 26.6 Å². The third-order valence-corrected chi connectivity index (χ3v) is 4.82. The van der Waals surface area contributed by atoms with Crippen LogP contribution in [0.15, 0.2) is 24.3 Å². The van der Waals surface area contributed by atoms with Crippen LogP contribution in [-0.4, -0.2) is 60.6 Å². The topological polar surface area (TPSA) is 97.0 Å². The molecule has 0 aliphatic carbocycles. The smallest absolute Gasteiger partial charge is 0.308 e. The lowest BCUT2D eigenvalue weighted by Crippen LogP contribution is -2.60. The number of hydrogen-bond donors (Lipinski definition) is 2. The molecule has 1 aliphatic rings. The highest BCUT2D eigenvalue weighted by atomic mass is 32.1. The molecule has 158 valence electrons. The van der Waals surface area contributed by atoms with Crippen LogP contribution in [0.3, 0.4) is 0 Å². The highest BCUT2D eigenvalue weighted by Crippen LogP contribution is 2.13. The van der Waals surface area contributed by atoms with Crippen molar-refractivity contribution >= 4 is 35.1 Å². The summed E-state index contributed by atoms with van der Waals surface area (Å²) >= 11 is 5.34. The number of rotatable bonds is 8. The molecule has 29 heavy (non-hydrogen) atoms. The van der Waals surface area contributed by atoms with Crippen LogP contribution in [0.2, 0.25) is 0 Å². The minimum Gasteiger partial charge on any atom is -0.497 e. The van der Waals surface area contributed by atoms with Crippen LogP contribution in [0, 0.1) is 0 Å². The maximum Gasteiger partial charge on any atom is 0.308 e. The number of esters is 1. The van der Waals surface area contributed by atoms with E-state index in [-0.39, 0.29) is 29.8 Å². The number of nitrogens with zero attached hydrogens (tertiary/aromatic N) is 1. The zero-order chi connectivity index (χ0) is 21.2. The molecule has 0 aromatic heterocycles. The molecule has 1 aromatic carbocycles. The van der Waals surface area contributed by atoms with Crippen molar-refractivity contribution in [3.8, 4) is 5.75 Å². The highest BCUT2D eigenvalue weighted by molar-refractivity contribution is 7.80. The van der Waals surface area contributed by atoms with Gasteiger partial charge in [0.2, 0.25) is 11.8 Å². The van der Waals surface area contributed by atoms with Crippen molar-refractivity contribution in [2.24, 2.45) is 0 Å². The van der Waals surface area contributed by atoms with Gasteiger partial charge in [0.15, 0.2) is 5.11 Å². The van der Waals surface area contributed by atoms with Gasteiger partial charge in [-0.3, -0.25) is 14.4 Å². The minimum atomic E-state index is -0.799. The fourth-order valence-electron chi connectivity index (χ4n) is 2.87. The summed E-state index contributed by atoms with van der Waals surface area (Å²) in [6, 6.07) is 6.34. The van der Waals surface area contributed by atoms with E-state index >= 15 is 0 Å². The molecule has 1 aromatic rings. The molecule has 0 unspecified atom stereocenters. The Bertz CT molecular complexity index is 738. The van der Waals surface area contributed by atoms with Crippen LogP contribution in [0.25, 0.3) is 0 Å². The fraction of sp³-hybridized carbons (Fsp3) is 0.500. The van der Waals surface area contributed by atoms with Crippen LogP contribution in [0.5, 0.6) is 5.75 Å². The van der Waals surface area contributed by atoms with E-state index in [0.717, 1.165) is 18.4 Å². The molecule has 2 N–H and O–H groups in total. The van der Waals surface area contributed by atoms with E-state index in [4.69, 9.17) is 21.7 Å². The second-order valence-corrected chi connectivity index (χ2v) is 7.04. The lowest BCUT2D eigenvalue weighted by Gasteiger charge is -2.36. The Morgan fingerprint density at radius 2 is 2.03 bits per heavy atom. The number of ether oxygens (including phenoxy) is 2. The number of unbranched alkanes of at least 4 members (excludes halogenated alkanes) is 1. The third-order valence-electron chi connectivity index (χ3n) is 4.48. The Balaban J connectivity index is 1.93. The summed E-state index contributed by atoms with van der Waals surface area (Å²) in [4.78, 5) is 38.2. The number of thiocarbonyl (C=S) groups is 1. The number of carbonyl (C=O) groups is 3. The van der Waals surface area contributed by atoms with E-state index in [1.165, 1.54) is 0 Å². The molecule has 1 atom stereocenters. The fourth-order valence-corrected chi connectivity index (χ4v) is 3.20. The van der Waals surface area contributed by atoms with Crippen LogP contribution in [-0.2, 0) is 25.5 Å². The van der Waals surface area contributed by atoms with Crippen molar-refractivity contribution in [3.63, 3.8) is 0 Å². The summed E-state index contributed by atoms with van der Waals surface area (Å²) in [6.45, 7) is 3.11. The van der Waals surface area contributed by atoms with Gasteiger partial charge in [0.1, 0.15) is 11.8 Å². The maximum atomic E-state index is 12.4. The van der Waals surface area contributed by atoms with Gasteiger partial charge in [-0.25, -0.2) is 0 Å². The highest BCUT2D eigenvalue weighted by Gasteiger charge is 2.34. The summed E-state index contributed by atoms with van der Waals surface area (Å²) in [7, 11) is 1.57. The normalized spacial score (nSPS) is 16.0. The first kappa shape index (κ1) is 22.6. The van der Waals surface area contributed by atoms with Gasteiger partial charge in [-0.05, 0) is 36.3 Å². The third kappa shape index (κ3) is 7.01. The van der Waals surface area contributed by atoms with Crippen molar-refractivity contribution in [2.45, 2.75) is 38.6 Å². The summed E-state index contributed by atoms with van der Waals surface area (Å²) in [5, 5.41) is 5.51. The molecule has 0 bridgehead atoms. The van der Waals surface area contributed by atoms with E-state index < -0.39 is 12.0 Å². The Morgan fingerprint density at radius 1 is 1.31 bits per heavy atom. The number of hydrogen-bond acceptors (Lipinski definition) is 6. The van der Waals surface area contributed by atoms with Gasteiger partial charge in [-0.1, -0.05) is 25.5 Å². The van der Waals surface area contributed by atoms with Crippen molar-refractivity contribution in [3.05, 3.63) is 29.8 Å². The molecule has 1 heterocycles. The molecule has 8 nitrogen and oxygen atoms in total. The number of piperazine rings is 1. The van der Waals surface area contributed by atoms with E-state index in [1.807, 2.05) is 6.92 Å². The maximum absolute atomic E-state index is 12.4. The average Bonchev–Trinajstić information content (AvgIpc) is 2.70. The predicted molar refractivity (Wildman–Crippen MR) is 111 cm³/mol. The quantitative estimate of drug-likeness (QED) is 0.369. The molecule has 1 aliphatic heterocycles. The van der Waals surface area contributed by atoms with Gasteiger partial charge in [0, 0.05) is 13.1 Å². The van der Waals surface area contributed by atoms with E-state index in [9.17, 15) is 14.4 Å². The Kier molecular flexibility index (Phi) is 8.85. The second kappa shape index (κ2) is 11.4. The summed E-state index contributed by atoms with van der Waals surface area (Å²) in [5.74, 6) is -0.360. The minimum absolute atomic E-state index is 0.121. The van der Waals surface area contributed by atoms with Crippen LogP contribution < -0.4 is 15.4 Å². The second-order valence-electron chi connectivity index (χ2n) is 6.66. The monoisotopic (exact) mass is 421 g/mol. The number of carbonyl (C=O) groups excluding carboxylic acids is 3. The van der Waals surface area contributed by atoms with Crippen LogP contribution >= 0.6 is 12.2 Å². The van der Waals surface area contributed by atoms with Gasteiger partial charge < -0.3 is 25.0 Å². The molecule has 2 amide bonds. The van der Waals surface area contributed by atoms with Crippen molar-refractivity contribution in [1.82, 2.24) is 15.5 Å². The number of methoxy groups -OCH3 is 1. The van der Waals surface area contributed by atoms with Gasteiger partial charge in [-0.15, -0.1) is 0 Å². The summed E-state index contributed by atoms with van der Waals surface area (Å²) in [5.41, 5.74) is 0.804. The Labute approximate surface area is 175 Å². The summed E-state index contributed by atoms with van der Waals surface area (Å²) in [6.07, 6.45) is 1.69. The molecular weight excluding hydrogens is 394 g/mol. The molecule has 0 spiro atoms. The van der Waals surface area contributed by atoms with Crippen molar-refractivity contribution in [2.75, 3.05) is 26.8 Å². The van der Waals surface area contributed by atoms with E-state index in [1.54, 1.807) is 36.3 Å². The molecule has 9 heteroatoms. The molecule has 2 rings (SSSR count). The number of benzene rings is 1. The van der Waals surface area contributed by atoms with Crippen LogP contribution in [0.4, 0.5) is 0 Å². The number of amides is 2. The van der Waals surface area contributed by atoms with Gasteiger partial charge >= 0.3 is 5.97 Å². The Morgan fingerprint density at radius 3 is 2.69 bits per heavy atom. The molecule has 0 radical (unpaired) electrons. The lowest BCUT2D eigenvalue weighted by molar-refractivity contribution is -0.147. The summed E-state index contributed by atoms with van der Waals surface area (Å²) < 4.78 is 10.3. The van der Waals surface area contributed by atoms with Crippen molar-refractivity contribution < 1.29 is 23.9 Å². The molecule has 1 saturated heterocycles. The first-order valence-electron chi connectivity index (χ1n) is 9.61. The standard InChI is InChI=1S/C20H27N3O5S/c1-3-4-11-28-18(25)13-16-19(26)21-9-10-23(16)20(29)22-17(24)12-14-5-7-15(27-2)8-6-14/h5-8,16H,3-4,9-13H2,1-2H3,(H,21,26)(H,22,24,29)/t16-/m0/s1. The van der Waals surface area contributed by atoms with Crippen molar-refractivity contribution in [1.29, 1.82) is 0 Å². The zero-order valence-electron chi connectivity index (χ0n) is 16.7. The first-order chi connectivity index (χ1) is 13.9. The van der Waals surface area contributed by atoms with E-state index in [0.29, 0.717) is 25.4 Å². The first-order valence-corrected chi connectivity index (χ1v) is 10.0. The SMILES string of the molecule is CCCCOC(=O)C[C@H]1C(=O)NCCN1C(=S)NC(=O)Cc1ccc(OC)cc1. The predicted octanol–water partition coefficient (Wildman–Crippen LogP) is 1.17. The average molecular weight is 422 g/mol. The van der Waals surface area contributed by atoms with Gasteiger partial charge in [-0.2, -0.15) is 0 Å². The van der Waals surface area contributed by atoms with E-state index in [2.05, 4.69) is 10.6 Å². The molecule has 1 fully saturated rings. The lowest BCUT2D eigenvalue weighted by atomic mass is 10.1.